The second-order valence-corrected chi connectivity index (χ2v) is 5.41. The molecule has 3 nitrogen and oxygen atoms in total. The Bertz CT molecular complexity index is 558. The molecule has 4 heteroatoms. The highest BCUT2D eigenvalue weighted by Gasteiger charge is 2.03. The lowest BCUT2D eigenvalue weighted by Gasteiger charge is -2.11. The predicted molar refractivity (Wildman–Crippen MR) is 79.9 cm³/mol. The molecule has 0 fully saturated rings. The molecule has 0 bridgehead atoms. The summed E-state index contributed by atoms with van der Waals surface area (Å²) in [5, 5.41) is 22.1. The van der Waals surface area contributed by atoms with Gasteiger partial charge in [-0.05, 0) is 35.6 Å². The van der Waals surface area contributed by atoms with Crippen LogP contribution in [-0.2, 0) is 6.54 Å². The monoisotopic (exact) mass is 275 g/mol. The third-order valence-electron chi connectivity index (χ3n) is 2.71. The van der Waals surface area contributed by atoms with Crippen molar-refractivity contribution in [2.24, 2.45) is 0 Å². The Hall–Kier alpha value is -1.81. The molecule has 0 unspecified atom stereocenters. The number of aromatic hydroxyl groups is 2. The molecule has 0 saturated carbocycles. The van der Waals surface area contributed by atoms with Crippen LogP contribution in [0.2, 0.25) is 0 Å². The van der Waals surface area contributed by atoms with Crippen LogP contribution in [0.3, 0.4) is 0 Å². The van der Waals surface area contributed by atoms with Crippen LogP contribution in [-0.4, -0.2) is 16.0 Å². The number of benzene rings is 2. The Morgan fingerprint density at radius 3 is 2.58 bits per heavy atom. The van der Waals surface area contributed by atoms with Gasteiger partial charge in [-0.25, -0.2) is 0 Å². The summed E-state index contributed by atoms with van der Waals surface area (Å²) in [5.74, 6) is 0.847. The molecule has 0 radical (unpaired) electrons. The molecule has 0 amide bonds. The molecule has 3 N–H and O–H groups in total. The van der Waals surface area contributed by atoms with Crippen molar-refractivity contribution in [3.8, 4) is 11.5 Å². The number of hydrogen-bond acceptors (Lipinski definition) is 4. The van der Waals surface area contributed by atoms with Crippen molar-refractivity contribution < 1.29 is 10.2 Å². The van der Waals surface area contributed by atoms with Gasteiger partial charge in [0.1, 0.15) is 0 Å². The van der Waals surface area contributed by atoms with Crippen LogP contribution in [0, 0.1) is 0 Å². The number of thioether (sulfide) groups is 1. The molecular weight excluding hydrogens is 258 g/mol. The van der Waals surface area contributed by atoms with Crippen LogP contribution in [0.1, 0.15) is 12.5 Å². The molecule has 0 aliphatic rings. The van der Waals surface area contributed by atoms with Gasteiger partial charge in [-0.1, -0.05) is 25.1 Å². The van der Waals surface area contributed by atoms with Gasteiger partial charge in [-0.15, -0.1) is 11.8 Å². The summed E-state index contributed by atoms with van der Waals surface area (Å²) in [6, 6.07) is 13.0. The normalized spacial score (nSPS) is 10.4. The molecule has 0 saturated heterocycles. The summed E-state index contributed by atoms with van der Waals surface area (Å²) >= 11 is 1.79. The van der Waals surface area contributed by atoms with Crippen molar-refractivity contribution in [3.05, 3.63) is 48.0 Å². The van der Waals surface area contributed by atoms with Crippen molar-refractivity contribution >= 4 is 17.4 Å². The van der Waals surface area contributed by atoms with Crippen molar-refractivity contribution in [1.29, 1.82) is 0 Å². The lowest BCUT2D eigenvalue weighted by Crippen LogP contribution is -2.00. The molecule has 100 valence electrons. The molecule has 0 heterocycles. The fraction of sp³-hybridized carbons (Fsp3) is 0.200. The number of phenols is 2. The molecule has 0 spiro atoms. The molecule has 0 aromatic heterocycles. The van der Waals surface area contributed by atoms with Crippen molar-refractivity contribution in [2.75, 3.05) is 11.1 Å². The Kier molecular flexibility index (Phi) is 4.58. The first kappa shape index (κ1) is 13.6. The minimum absolute atomic E-state index is 0.0875. The zero-order chi connectivity index (χ0) is 13.7. The highest BCUT2D eigenvalue weighted by molar-refractivity contribution is 7.99. The smallest absolute Gasteiger partial charge is 0.157 e. The van der Waals surface area contributed by atoms with Crippen LogP contribution < -0.4 is 5.32 Å². The Labute approximate surface area is 117 Å². The standard InChI is InChI=1S/C15H17NO2S/c1-2-19-15-6-4-3-5-12(15)16-10-11-7-8-13(17)14(18)9-11/h3-9,16-18H,2,10H2,1H3. The highest BCUT2D eigenvalue weighted by atomic mass is 32.2. The van der Waals surface area contributed by atoms with Crippen LogP contribution in [0.25, 0.3) is 0 Å². The zero-order valence-electron chi connectivity index (χ0n) is 10.8. The largest absolute Gasteiger partial charge is 0.504 e. The van der Waals surface area contributed by atoms with Crippen molar-refractivity contribution in [2.45, 2.75) is 18.4 Å². The van der Waals surface area contributed by atoms with Crippen molar-refractivity contribution in [1.82, 2.24) is 0 Å². The fourth-order valence-electron chi connectivity index (χ4n) is 1.77. The van der Waals surface area contributed by atoms with Gasteiger partial charge in [0, 0.05) is 17.1 Å². The van der Waals surface area contributed by atoms with E-state index in [0.29, 0.717) is 6.54 Å². The van der Waals surface area contributed by atoms with Gasteiger partial charge in [0.25, 0.3) is 0 Å². The van der Waals surface area contributed by atoms with Crippen molar-refractivity contribution in [3.63, 3.8) is 0 Å². The van der Waals surface area contributed by atoms with Gasteiger partial charge < -0.3 is 15.5 Å². The SMILES string of the molecule is CCSc1ccccc1NCc1ccc(O)c(O)c1. The van der Waals surface area contributed by atoms with E-state index in [2.05, 4.69) is 18.3 Å². The Balaban J connectivity index is 2.07. The first-order valence-electron chi connectivity index (χ1n) is 6.17. The maximum absolute atomic E-state index is 9.45. The van der Waals surface area contributed by atoms with E-state index in [0.717, 1.165) is 17.0 Å². The number of nitrogens with one attached hydrogen (secondary N) is 1. The lowest BCUT2D eigenvalue weighted by atomic mass is 10.2. The average Bonchev–Trinajstić information content (AvgIpc) is 2.42. The molecule has 0 atom stereocenters. The zero-order valence-corrected chi connectivity index (χ0v) is 11.6. The molecule has 0 aliphatic heterocycles. The highest BCUT2D eigenvalue weighted by Crippen LogP contribution is 2.28. The Morgan fingerprint density at radius 1 is 1.05 bits per heavy atom. The molecule has 2 rings (SSSR count). The second kappa shape index (κ2) is 6.38. The maximum atomic E-state index is 9.45. The van der Waals surface area contributed by atoms with E-state index in [1.165, 1.54) is 11.0 Å². The van der Waals surface area contributed by atoms with Crippen LogP contribution in [0.15, 0.2) is 47.4 Å². The number of anilines is 1. The van der Waals surface area contributed by atoms with E-state index in [-0.39, 0.29) is 11.5 Å². The van der Waals surface area contributed by atoms with E-state index in [4.69, 9.17) is 0 Å². The van der Waals surface area contributed by atoms with Gasteiger partial charge in [0.05, 0.1) is 0 Å². The maximum Gasteiger partial charge on any atom is 0.157 e. The number of phenolic OH excluding ortho intramolecular Hbond substituents is 2. The third-order valence-corrected chi connectivity index (χ3v) is 3.67. The fourth-order valence-corrected chi connectivity index (χ4v) is 2.55. The predicted octanol–water partition coefficient (Wildman–Crippen LogP) is 3.82. The average molecular weight is 275 g/mol. The Morgan fingerprint density at radius 2 is 1.84 bits per heavy atom. The number of rotatable bonds is 5. The molecule has 2 aromatic rings. The summed E-state index contributed by atoms with van der Waals surface area (Å²) in [4.78, 5) is 1.22. The topological polar surface area (TPSA) is 52.5 Å². The van der Waals surface area contributed by atoms with Gasteiger partial charge in [0.2, 0.25) is 0 Å². The molecule has 0 aliphatic carbocycles. The van der Waals surface area contributed by atoms with Gasteiger partial charge >= 0.3 is 0 Å². The van der Waals surface area contributed by atoms with Crippen LogP contribution >= 0.6 is 11.8 Å². The molecule has 19 heavy (non-hydrogen) atoms. The summed E-state index contributed by atoms with van der Waals surface area (Å²) in [6.07, 6.45) is 0. The summed E-state index contributed by atoms with van der Waals surface area (Å²) in [6.45, 7) is 2.73. The molecular formula is C15H17NO2S. The number of para-hydroxylation sites is 1. The summed E-state index contributed by atoms with van der Waals surface area (Å²) in [7, 11) is 0. The lowest BCUT2D eigenvalue weighted by molar-refractivity contribution is 0.403. The number of hydrogen-bond donors (Lipinski definition) is 3. The van der Waals surface area contributed by atoms with Crippen LogP contribution in [0.4, 0.5) is 5.69 Å². The minimum atomic E-state index is -0.0920. The van der Waals surface area contributed by atoms with Crippen LogP contribution in [0.5, 0.6) is 11.5 Å². The van der Waals surface area contributed by atoms with E-state index in [1.54, 1.807) is 23.9 Å². The summed E-state index contributed by atoms with van der Waals surface area (Å²) < 4.78 is 0. The van der Waals surface area contributed by atoms with E-state index in [1.807, 2.05) is 18.2 Å². The molecule has 2 aromatic carbocycles. The quantitative estimate of drug-likeness (QED) is 0.573. The van der Waals surface area contributed by atoms with Gasteiger partial charge in [-0.3, -0.25) is 0 Å². The third kappa shape index (κ3) is 3.58. The van der Waals surface area contributed by atoms with E-state index >= 15 is 0 Å². The van der Waals surface area contributed by atoms with Gasteiger partial charge in [0.15, 0.2) is 11.5 Å². The van der Waals surface area contributed by atoms with E-state index in [9.17, 15) is 10.2 Å². The van der Waals surface area contributed by atoms with E-state index < -0.39 is 0 Å². The van der Waals surface area contributed by atoms with Gasteiger partial charge in [-0.2, -0.15) is 0 Å². The second-order valence-electron chi connectivity index (χ2n) is 4.11. The first-order valence-corrected chi connectivity index (χ1v) is 7.16. The first-order chi connectivity index (χ1) is 9.20. The minimum Gasteiger partial charge on any atom is -0.504 e. The summed E-state index contributed by atoms with van der Waals surface area (Å²) in [5.41, 5.74) is 2.01.